The normalized spacial score (nSPS) is 14.7. The molecule has 0 spiro atoms. The molecule has 10 nitrogen and oxygen atoms in total. The number of imidazole rings is 1. The fourth-order valence-corrected chi connectivity index (χ4v) is 3.87. The van der Waals surface area contributed by atoms with Crippen molar-refractivity contribution in [1.82, 2.24) is 29.7 Å². The number of benzene rings is 1. The Balaban J connectivity index is 1.60. The molecule has 3 heterocycles. The number of aromatic amines is 1. The average molecular weight is 442 g/mol. The Hall–Kier alpha value is -3.11. The minimum Gasteiger partial charge on any atom is -0.496 e. The lowest BCUT2D eigenvalue weighted by Crippen LogP contribution is -2.42. The van der Waals surface area contributed by atoms with E-state index >= 15 is 0 Å². The van der Waals surface area contributed by atoms with E-state index in [0.717, 1.165) is 56.9 Å². The van der Waals surface area contributed by atoms with Crippen LogP contribution in [0.4, 0.5) is 5.82 Å². The van der Waals surface area contributed by atoms with Crippen molar-refractivity contribution in [3.05, 3.63) is 39.8 Å². The molecule has 1 fully saturated rings. The van der Waals surface area contributed by atoms with Crippen LogP contribution < -0.4 is 26.2 Å². The summed E-state index contributed by atoms with van der Waals surface area (Å²) in [6.45, 7) is 7.81. The quantitative estimate of drug-likeness (QED) is 0.425. The summed E-state index contributed by atoms with van der Waals surface area (Å²) in [7, 11) is 1.64. The highest BCUT2D eigenvalue weighted by atomic mass is 16.5. The lowest BCUT2D eigenvalue weighted by Gasteiger charge is -2.27. The van der Waals surface area contributed by atoms with E-state index in [9.17, 15) is 4.79 Å². The molecule has 172 valence electrons. The summed E-state index contributed by atoms with van der Waals surface area (Å²) in [6, 6.07) is 6.31. The molecule has 1 aromatic carbocycles. The van der Waals surface area contributed by atoms with Gasteiger partial charge in [-0.25, -0.2) is 4.79 Å². The Bertz CT molecular complexity index is 1120. The number of ether oxygens (including phenoxy) is 2. The van der Waals surface area contributed by atoms with Crippen LogP contribution in [0.5, 0.6) is 11.8 Å². The van der Waals surface area contributed by atoms with Crippen LogP contribution in [-0.4, -0.2) is 64.3 Å². The van der Waals surface area contributed by atoms with E-state index in [1.807, 2.05) is 12.1 Å². The van der Waals surface area contributed by atoms with Gasteiger partial charge in [0, 0.05) is 38.3 Å². The average Bonchev–Trinajstić information content (AvgIpc) is 3.11. The Morgan fingerprint density at radius 1 is 1.19 bits per heavy atom. The molecule has 0 saturated carbocycles. The predicted octanol–water partition coefficient (Wildman–Crippen LogP) is 1.34. The number of rotatable bonds is 9. The van der Waals surface area contributed by atoms with Crippen molar-refractivity contribution in [2.24, 2.45) is 0 Å². The van der Waals surface area contributed by atoms with Crippen molar-refractivity contribution >= 4 is 17.0 Å². The number of hydrogen-bond donors (Lipinski definition) is 3. The number of piperazine rings is 1. The van der Waals surface area contributed by atoms with Gasteiger partial charge in [0.1, 0.15) is 11.3 Å². The molecular formula is C22H31N7O3. The first-order chi connectivity index (χ1) is 15.6. The van der Waals surface area contributed by atoms with Crippen LogP contribution >= 0.6 is 0 Å². The standard InChI is InChI=1S/C22H31N7O3/c1-3-4-11-32-21-26-19(23)18-20(27-21)29(22(30)25-18)14-16-6-5-15(12-17(16)31-2)13-28-9-7-24-8-10-28/h5-6,12,24H,3-4,7-11,13-14H2,1-2H3,(H,25,30)(H2,23,26,27). The third-order valence-corrected chi connectivity index (χ3v) is 5.65. The predicted molar refractivity (Wildman–Crippen MR) is 123 cm³/mol. The zero-order valence-corrected chi connectivity index (χ0v) is 18.7. The van der Waals surface area contributed by atoms with Gasteiger partial charge in [-0.15, -0.1) is 0 Å². The number of aromatic nitrogens is 4. The number of anilines is 1. The maximum Gasteiger partial charge on any atom is 0.328 e. The van der Waals surface area contributed by atoms with Gasteiger partial charge in [0.15, 0.2) is 11.5 Å². The SMILES string of the molecule is CCCCOc1nc(N)c2[nH]c(=O)n(Cc3ccc(CN4CCNCC4)cc3OC)c2n1. The summed E-state index contributed by atoms with van der Waals surface area (Å²) in [5.41, 5.74) is 8.63. The smallest absolute Gasteiger partial charge is 0.328 e. The van der Waals surface area contributed by atoms with Crippen molar-refractivity contribution in [1.29, 1.82) is 0 Å². The molecule has 0 aliphatic carbocycles. The van der Waals surface area contributed by atoms with Gasteiger partial charge in [-0.3, -0.25) is 9.47 Å². The van der Waals surface area contributed by atoms with Crippen LogP contribution in [0.2, 0.25) is 0 Å². The fourth-order valence-electron chi connectivity index (χ4n) is 3.87. The molecule has 2 aromatic heterocycles. The lowest BCUT2D eigenvalue weighted by molar-refractivity contribution is 0.233. The van der Waals surface area contributed by atoms with Gasteiger partial charge in [0.25, 0.3) is 0 Å². The first-order valence-corrected chi connectivity index (χ1v) is 11.1. The molecule has 1 saturated heterocycles. The van der Waals surface area contributed by atoms with E-state index in [0.29, 0.717) is 24.3 Å². The Morgan fingerprint density at radius 2 is 2.00 bits per heavy atom. The van der Waals surface area contributed by atoms with Gasteiger partial charge >= 0.3 is 11.7 Å². The molecule has 0 atom stereocenters. The number of methoxy groups -OCH3 is 1. The van der Waals surface area contributed by atoms with Gasteiger partial charge in [0.05, 0.1) is 20.3 Å². The maximum absolute atomic E-state index is 12.7. The van der Waals surface area contributed by atoms with E-state index in [1.54, 1.807) is 7.11 Å². The van der Waals surface area contributed by atoms with Crippen molar-refractivity contribution in [2.75, 3.05) is 45.6 Å². The van der Waals surface area contributed by atoms with E-state index in [1.165, 1.54) is 10.1 Å². The topological polar surface area (TPSA) is 123 Å². The first kappa shape index (κ1) is 22.1. The minimum absolute atomic E-state index is 0.175. The van der Waals surface area contributed by atoms with Crippen molar-refractivity contribution in [2.45, 2.75) is 32.9 Å². The summed E-state index contributed by atoms with van der Waals surface area (Å²) in [5, 5.41) is 3.37. The maximum atomic E-state index is 12.7. The number of nitrogens with zero attached hydrogens (tertiary/aromatic N) is 4. The Morgan fingerprint density at radius 3 is 2.75 bits per heavy atom. The summed E-state index contributed by atoms with van der Waals surface area (Å²) in [6.07, 6.45) is 1.88. The van der Waals surface area contributed by atoms with Crippen LogP contribution in [0.25, 0.3) is 11.2 Å². The molecule has 1 aliphatic rings. The van der Waals surface area contributed by atoms with Crippen molar-refractivity contribution < 1.29 is 9.47 Å². The summed E-state index contributed by atoms with van der Waals surface area (Å²) >= 11 is 0. The third kappa shape index (κ3) is 4.86. The molecule has 0 unspecified atom stereocenters. The second kappa shape index (κ2) is 10.0. The van der Waals surface area contributed by atoms with Crippen LogP contribution in [-0.2, 0) is 13.1 Å². The summed E-state index contributed by atoms with van der Waals surface area (Å²) in [4.78, 5) is 26.5. The molecule has 1 aliphatic heterocycles. The summed E-state index contributed by atoms with van der Waals surface area (Å²) in [5.74, 6) is 0.927. The number of unbranched alkanes of at least 4 members (excludes halogenated alkanes) is 1. The van der Waals surface area contributed by atoms with Crippen LogP contribution in [0.3, 0.4) is 0 Å². The number of hydrogen-bond acceptors (Lipinski definition) is 8. The minimum atomic E-state index is -0.307. The molecule has 0 amide bonds. The highest BCUT2D eigenvalue weighted by Gasteiger charge is 2.17. The molecule has 3 aromatic rings. The van der Waals surface area contributed by atoms with Gasteiger partial charge in [-0.2, -0.15) is 9.97 Å². The van der Waals surface area contributed by atoms with Crippen LogP contribution in [0.1, 0.15) is 30.9 Å². The highest BCUT2D eigenvalue weighted by Crippen LogP contribution is 2.24. The summed E-state index contributed by atoms with van der Waals surface area (Å²) < 4.78 is 12.8. The van der Waals surface area contributed by atoms with E-state index < -0.39 is 0 Å². The van der Waals surface area contributed by atoms with Crippen molar-refractivity contribution in [3.8, 4) is 11.8 Å². The fraction of sp³-hybridized carbons (Fsp3) is 0.500. The molecular weight excluding hydrogens is 410 g/mol. The number of nitrogen functional groups attached to an aromatic ring is 1. The van der Waals surface area contributed by atoms with E-state index in [-0.39, 0.29) is 17.5 Å². The Labute approximate surface area is 186 Å². The zero-order chi connectivity index (χ0) is 22.5. The monoisotopic (exact) mass is 441 g/mol. The largest absolute Gasteiger partial charge is 0.496 e. The zero-order valence-electron chi connectivity index (χ0n) is 18.7. The number of nitrogens with two attached hydrogens (primary N) is 1. The molecule has 4 rings (SSSR count). The lowest BCUT2D eigenvalue weighted by atomic mass is 10.1. The van der Waals surface area contributed by atoms with Crippen LogP contribution in [0, 0.1) is 0 Å². The first-order valence-electron chi connectivity index (χ1n) is 11.1. The number of fused-ring (bicyclic) bond motifs is 1. The van der Waals surface area contributed by atoms with Gasteiger partial charge < -0.3 is 25.5 Å². The van der Waals surface area contributed by atoms with Gasteiger partial charge in [-0.1, -0.05) is 25.5 Å². The number of H-pyrrole nitrogens is 1. The highest BCUT2D eigenvalue weighted by molar-refractivity contribution is 5.82. The molecule has 0 bridgehead atoms. The Kier molecular flexibility index (Phi) is 6.91. The van der Waals surface area contributed by atoms with E-state index in [2.05, 4.69) is 38.2 Å². The van der Waals surface area contributed by atoms with Gasteiger partial charge in [-0.05, 0) is 18.1 Å². The second-order valence-electron chi connectivity index (χ2n) is 7.98. The molecule has 4 N–H and O–H groups in total. The molecule has 32 heavy (non-hydrogen) atoms. The van der Waals surface area contributed by atoms with E-state index in [4.69, 9.17) is 15.2 Å². The second-order valence-corrected chi connectivity index (χ2v) is 7.98. The van der Waals surface area contributed by atoms with Gasteiger partial charge in [0.2, 0.25) is 0 Å². The number of nitrogens with one attached hydrogen (secondary N) is 2. The third-order valence-electron chi connectivity index (χ3n) is 5.65. The van der Waals surface area contributed by atoms with Crippen LogP contribution in [0.15, 0.2) is 23.0 Å². The molecule has 10 heteroatoms. The molecule has 0 radical (unpaired) electrons. The van der Waals surface area contributed by atoms with Crippen molar-refractivity contribution in [3.63, 3.8) is 0 Å².